The molecule has 1 aromatic carbocycles. The van der Waals surface area contributed by atoms with Gasteiger partial charge in [0.25, 0.3) is 0 Å². The zero-order chi connectivity index (χ0) is 14.7. The van der Waals surface area contributed by atoms with Crippen LogP contribution in [-0.4, -0.2) is 14.8 Å². The number of nitrogens with zero attached hydrogens (tertiary/aromatic N) is 3. The maximum atomic E-state index is 4.35. The molecule has 5 heteroatoms. The highest BCUT2D eigenvalue weighted by Gasteiger charge is 2.03. The van der Waals surface area contributed by atoms with E-state index in [1.165, 1.54) is 5.56 Å². The Labute approximate surface area is 128 Å². The first-order chi connectivity index (χ1) is 10.2. The Kier molecular flexibility index (Phi) is 4.01. The van der Waals surface area contributed by atoms with Crippen molar-refractivity contribution in [2.45, 2.75) is 26.4 Å². The molecule has 21 heavy (non-hydrogen) atoms. The van der Waals surface area contributed by atoms with Crippen LogP contribution in [0.5, 0.6) is 0 Å². The monoisotopic (exact) mass is 298 g/mol. The lowest BCUT2D eigenvalue weighted by molar-refractivity contribution is 0.532. The van der Waals surface area contributed by atoms with Crippen LogP contribution >= 0.6 is 11.3 Å². The number of thiazole rings is 1. The molecule has 0 amide bonds. The van der Waals surface area contributed by atoms with E-state index in [2.05, 4.69) is 59.7 Å². The average molecular weight is 298 g/mol. The molecule has 0 atom stereocenters. The highest BCUT2D eigenvalue weighted by Crippen LogP contribution is 2.24. The van der Waals surface area contributed by atoms with Crippen molar-refractivity contribution in [2.24, 2.45) is 0 Å². The Morgan fingerprint density at radius 3 is 2.95 bits per heavy atom. The summed E-state index contributed by atoms with van der Waals surface area (Å²) in [5, 5.41) is 10.8. The molecule has 0 fully saturated rings. The predicted molar refractivity (Wildman–Crippen MR) is 87.5 cm³/mol. The van der Waals surface area contributed by atoms with Gasteiger partial charge < -0.3 is 5.32 Å². The summed E-state index contributed by atoms with van der Waals surface area (Å²) in [6, 6.07) is 8.74. The van der Waals surface area contributed by atoms with Crippen LogP contribution in [0.3, 0.4) is 0 Å². The zero-order valence-electron chi connectivity index (χ0n) is 12.2. The molecule has 108 valence electrons. The molecule has 0 radical (unpaired) electrons. The number of nitrogens with one attached hydrogen (secondary N) is 1. The van der Waals surface area contributed by atoms with Crippen LogP contribution in [-0.2, 0) is 6.54 Å². The van der Waals surface area contributed by atoms with E-state index in [0.717, 1.165) is 22.8 Å². The second kappa shape index (κ2) is 6.10. The number of rotatable bonds is 5. The number of benzene rings is 1. The number of hydrogen-bond acceptors (Lipinski definition) is 4. The van der Waals surface area contributed by atoms with Crippen molar-refractivity contribution in [1.29, 1.82) is 0 Å². The lowest BCUT2D eigenvalue weighted by atomic mass is 10.2. The second-order valence-corrected chi connectivity index (χ2v) is 6.09. The fraction of sp³-hybridized carbons (Fsp3) is 0.250. The molecule has 1 N–H and O–H groups in total. The average Bonchev–Trinajstić information content (AvgIpc) is 3.17. The Bertz CT molecular complexity index is 701. The van der Waals surface area contributed by atoms with Crippen LogP contribution in [0.2, 0.25) is 0 Å². The highest BCUT2D eigenvalue weighted by atomic mass is 32.1. The third-order valence-corrected chi connectivity index (χ3v) is 4.04. The molecule has 0 bridgehead atoms. The molecule has 3 rings (SSSR count). The molecule has 3 aromatic rings. The molecule has 0 spiro atoms. The number of aromatic nitrogens is 3. The van der Waals surface area contributed by atoms with Gasteiger partial charge in [0.2, 0.25) is 0 Å². The second-order valence-electron chi connectivity index (χ2n) is 5.19. The minimum absolute atomic E-state index is 0.395. The van der Waals surface area contributed by atoms with Gasteiger partial charge in [-0.2, -0.15) is 5.10 Å². The summed E-state index contributed by atoms with van der Waals surface area (Å²) in [6.07, 6.45) is 5.83. The third-order valence-electron chi connectivity index (χ3n) is 3.22. The Morgan fingerprint density at radius 1 is 1.33 bits per heavy atom. The van der Waals surface area contributed by atoms with Gasteiger partial charge in [-0.15, -0.1) is 11.3 Å². The van der Waals surface area contributed by atoms with Gasteiger partial charge in [0, 0.05) is 47.2 Å². The van der Waals surface area contributed by atoms with E-state index in [4.69, 9.17) is 0 Å². The van der Waals surface area contributed by atoms with Crippen molar-refractivity contribution < 1.29 is 0 Å². The zero-order valence-corrected chi connectivity index (χ0v) is 13.0. The van der Waals surface area contributed by atoms with Gasteiger partial charge in [0.05, 0.1) is 6.20 Å². The number of hydrogen-bond donors (Lipinski definition) is 1. The lowest BCUT2D eigenvalue weighted by Gasteiger charge is -2.06. The maximum absolute atomic E-state index is 4.35. The summed E-state index contributed by atoms with van der Waals surface area (Å²) in [4.78, 5) is 4.35. The smallest absolute Gasteiger partial charge is 0.123 e. The van der Waals surface area contributed by atoms with Crippen LogP contribution in [0.25, 0.3) is 10.6 Å². The van der Waals surface area contributed by atoms with E-state index < -0.39 is 0 Å². The van der Waals surface area contributed by atoms with E-state index in [1.54, 1.807) is 11.3 Å². The Balaban J connectivity index is 1.69. The SMILES string of the molecule is CC(C)n1cc(CNc2cccc(-c3nccs3)c2)cn1. The van der Waals surface area contributed by atoms with Gasteiger partial charge in [-0.25, -0.2) is 4.98 Å². The van der Waals surface area contributed by atoms with Gasteiger partial charge in [-0.3, -0.25) is 4.68 Å². The quantitative estimate of drug-likeness (QED) is 0.767. The van der Waals surface area contributed by atoms with E-state index in [1.807, 2.05) is 22.5 Å². The van der Waals surface area contributed by atoms with Gasteiger partial charge in [-0.05, 0) is 26.0 Å². The van der Waals surface area contributed by atoms with E-state index in [9.17, 15) is 0 Å². The van der Waals surface area contributed by atoms with Crippen molar-refractivity contribution in [3.63, 3.8) is 0 Å². The molecule has 0 saturated heterocycles. The van der Waals surface area contributed by atoms with Gasteiger partial charge in [-0.1, -0.05) is 12.1 Å². The summed E-state index contributed by atoms with van der Waals surface area (Å²) >= 11 is 1.65. The first kappa shape index (κ1) is 13.8. The molecular weight excluding hydrogens is 280 g/mol. The van der Waals surface area contributed by atoms with Crippen LogP contribution in [0, 0.1) is 0 Å². The van der Waals surface area contributed by atoms with E-state index in [-0.39, 0.29) is 0 Å². The first-order valence-electron chi connectivity index (χ1n) is 6.99. The Morgan fingerprint density at radius 2 is 2.24 bits per heavy atom. The third kappa shape index (κ3) is 3.31. The summed E-state index contributed by atoms with van der Waals surface area (Å²) in [5.41, 5.74) is 3.43. The molecule has 0 aliphatic heterocycles. The minimum Gasteiger partial charge on any atom is -0.381 e. The van der Waals surface area contributed by atoms with Crippen LogP contribution in [0.1, 0.15) is 25.5 Å². The van der Waals surface area contributed by atoms with Gasteiger partial charge in [0.1, 0.15) is 5.01 Å². The van der Waals surface area contributed by atoms with Crippen LogP contribution < -0.4 is 5.32 Å². The number of anilines is 1. The normalized spacial score (nSPS) is 11.0. The molecule has 0 aliphatic carbocycles. The van der Waals surface area contributed by atoms with Gasteiger partial charge >= 0.3 is 0 Å². The van der Waals surface area contributed by atoms with Crippen molar-refractivity contribution in [2.75, 3.05) is 5.32 Å². The van der Waals surface area contributed by atoms with Crippen LogP contribution in [0.4, 0.5) is 5.69 Å². The molecule has 0 saturated carbocycles. The van der Waals surface area contributed by atoms with Crippen molar-refractivity contribution in [1.82, 2.24) is 14.8 Å². The Hall–Kier alpha value is -2.14. The van der Waals surface area contributed by atoms with Crippen molar-refractivity contribution >= 4 is 17.0 Å². The molecule has 4 nitrogen and oxygen atoms in total. The standard InChI is InChI=1S/C16H18N4S/c1-12(2)20-11-13(10-19-20)9-18-15-5-3-4-14(8-15)16-17-6-7-21-16/h3-8,10-12,18H,9H2,1-2H3. The van der Waals surface area contributed by atoms with Crippen molar-refractivity contribution in [3.05, 3.63) is 53.8 Å². The molecule has 2 aromatic heterocycles. The van der Waals surface area contributed by atoms with Crippen LogP contribution in [0.15, 0.2) is 48.2 Å². The summed E-state index contributed by atoms with van der Waals surface area (Å²) < 4.78 is 1.98. The summed E-state index contributed by atoms with van der Waals surface area (Å²) in [5.74, 6) is 0. The van der Waals surface area contributed by atoms with E-state index >= 15 is 0 Å². The van der Waals surface area contributed by atoms with E-state index in [0.29, 0.717) is 6.04 Å². The first-order valence-corrected chi connectivity index (χ1v) is 7.87. The fourth-order valence-corrected chi connectivity index (χ4v) is 2.72. The predicted octanol–water partition coefficient (Wildman–Crippen LogP) is 4.20. The fourth-order valence-electron chi connectivity index (χ4n) is 2.08. The topological polar surface area (TPSA) is 42.7 Å². The largest absolute Gasteiger partial charge is 0.381 e. The minimum atomic E-state index is 0.395. The summed E-state index contributed by atoms with van der Waals surface area (Å²) in [7, 11) is 0. The maximum Gasteiger partial charge on any atom is 0.123 e. The van der Waals surface area contributed by atoms with Gasteiger partial charge in [0.15, 0.2) is 0 Å². The molecular formula is C16H18N4S. The molecule has 0 aliphatic rings. The molecule has 0 unspecified atom stereocenters. The lowest BCUT2D eigenvalue weighted by Crippen LogP contribution is -2.01. The highest BCUT2D eigenvalue weighted by molar-refractivity contribution is 7.13. The molecule has 2 heterocycles. The summed E-state index contributed by atoms with van der Waals surface area (Å²) in [6.45, 7) is 5.03. The van der Waals surface area contributed by atoms with Crippen molar-refractivity contribution in [3.8, 4) is 10.6 Å².